The van der Waals surface area contributed by atoms with Crippen LogP contribution in [0.5, 0.6) is 0 Å². The van der Waals surface area contributed by atoms with E-state index in [9.17, 15) is 4.79 Å². The maximum Gasteiger partial charge on any atom is 0.271 e. The number of H-pyrrole nitrogens is 1. The monoisotopic (exact) mass is 298 g/mol. The predicted molar refractivity (Wildman–Crippen MR) is 77.6 cm³/mol. The molecule has 0 radical (unpaired) electrons. The number of carbonyl (C=O) groups is 1. The Morgan fingerprint density at radius 2 is 1.91 bits per heavy atom. The highest BCUT2D eigenvalue weighted by atomic mass is 16.4. The summed E-state index contributed by atoms with van der Waals surface area (Å²) in [4.78, 5) is 11.3. The van der Waals surface area contributed by atoms with Crippen molar-refractivity contribution in [2.24, 2.45) is 5.73 Å². The standard InChI is InChI=1S/C14H14N6O2/c1-2-3-10-16-19-14(22-10)9-6-4-8(5-7-9)11-12(13(15)21)18-20-17-11/h4-7H,2-3H2,1H3,(H2,15,21)(H,17,18,20). The average molecular weight is 298 g/mol. The van der Waals surface area contributed by atoms with Crippen LogP contribution in [0.25, 0.3) is 22.7 Å². The molecule has 3 aromatic rings. The molecule has 2 aromatic heterocycles. The smallest absolute Gasteiger partial charge is 0.271 e. The maximum absolute atomic E-state index is 11.3. The lowest BCUT2D eigenvalue weighted by Gasteiger charge is -1.99. The summed E-state index contributed by atoms with van der Waals surface area (Å²) in [5.74, 6) is 0.452. The molecule has 0 atom stereocenters. The number of hydrogen-bond acceptors (Lipinski definition) is 6. The Morgan fingerprint density at radius 1 is 1.18 bits per heavy atom. The number of nitrogens with zero attached hydrogens (tertiary/aromatic N) is 4. The van der Waals surface area contributed by atoms with Crippen molar-refractivity contribution < 1.29 is 9.21 Å². The van der Waals surface area contributed by atoms with Crippen molar-refractivity contribution in [3.05, 3.63) is 35.9 Å². The minimum atomic E-state index is -0.631. The lowest BCUT2D eigenvalue weighted by Crippen LogP contribution is -2.12. The molecule has 1 aromatic carbocycles. The second kappa shape index (κ2) is 5.76. The average Bonchev–Trinajstić information content (AvgIpc) is 3.17. The molecule has 0 spiro atoms. The number of aromatic nitrogens is 5. The summed E-state index contributed by atoms with van der Waals surface area (Å²) < 4.78 is 5.57. The maximum atomic E-state index is 11.3. The Labute approximate surface area is 125 Å². The van der Waals surface area contributed by atoms with Gasteiger partial charge < -0.3 is 10.2 Å². The Kier molecular flexibility index (Phi) is 3.65. The number of primary amides is 1. The molecule has 22 heavy (non-hydrogen) atoms. The summed E-state index contributed by atoms with van der Waals surface area (Å²) in [6.45, 7) is 2.05. The van der Waals surface area contributed by atoms with E-state index in [1.54, 1.807) is 12.1 Å². The zero-order valence-corrected chi connectivity index (χ0v) is 11.9. The number of nitrogens with one attached hydrogen (secondary N) is 1. The number of carbonyl (C=O) groups excluding carboxylic acids is 1. The Hall–Kier alpha value is -3.03. The van der Waals surface area contributed by atoms with Crippen LogP contribution in [-0.4, -0.2) is 31.5 Å². The first-order chi connectivity index (χ1) is 10.7. The number of rotatable bonds is 5. The molecule has 112 valence electrons. The van der Waals surface area contributed by atoms with Crippen LogP contribution in [-0.2, 0) is 6.42 Å². The van der Waals surface area contributed by atoms with Crippen LogP contribution >= 0.6 is 0 Å². The molecule has 0 aliphatic rings. The Balaban J connectivity index is 1.88. The molecule has 3 N–H and O–H groups in total. The van der Waals surface area contributed by atoms with Gasteiger partial charge in [0.15, 0.2) is 5.69 Å². The highest BCUT2D eigenvalue weighted by molar-refractivity contribution is 5.96. The largest absolute Gasteiger partial charge is 0.421 e. The highest BCUT2D eigenvalue weighted by Gasteiger charge is 2.15. The van der Waals surface area contributed by atoms with Gasteiger partial charge in [-0.15, -0.1) is 10.2 Å². The van der Waals surface area contributed by atoms with E-state index in [0.29, 0.717) is 17.5 Å². The van der Waals surface area contributed by atoms with E-state index in [-0.39, 0.29) is 5.69 Å². The zero-order chi connectivity index (χ0) is 15.5. The fraction of sp³-hybridized carbons (Fsp3) is 0.214. The van der Waals surface area contributed by atoms with Gasteiger partial charge in [-0.25, -0.2) is 0 Å². The van der Waals surface area contributed by atoms with E-state index in [0.717, 1.165) is 24.0 Å². The minimum absolute atomic E-state index is 0.107. The normalized spacial score (nSPS) is 10.8. The van der Waals surface area contributed by atoms with Crippen LogP contribution < -0.4 is 5.73 Å². The van der Waals surface area contributed by atoms with Crippen LogP contribution in [0.15, 0.2) is 28.7 Å². The van der Waals surface area contributed by atoms with Gasteiger partial charge in [-0.3, -0.25) is 4.79 Å². The minimum Gasteiger partial charge on any atom is -0.421 e. The third kappa shape index (κ3) is 2.58. The van der Waals surface area contributed by atoms with Gasteiger partial charge in [0.2, 0.25) is 11.8 Å². The first kappa shape index (κ1) is 13.9. The molecule has 0 aliphatic heterocycles. The van der Waals surface area contributed by atoms with E-state index >= 15 is 0 Å². The zero-order valence-electron chi connectivity index (χ0n) is 11.9. The first-order valence-corrected chi connectivity index (χ1v) is 6.82. The van der Waals surface area contributed by atoms with E-state index in [2.05, 4.69) is 25.6 Å². The number of hydrogen-bond donors (Lipinski definition) is 2. The Bertz CT molecular complexity index is 790. The molecule has 2 heterocycles. The summed E-state index contributed by atoms with van der Waals surface area (Å²) >= 11 is 0. The van der Waals surface area contributed by atoms with Crippen molar-refractivity contribution in [3.8, 4) is 22.7 Å². The van der Waals surface area contributed by atoms with E-state index in [1.165, 1.54) is 0 Å². The number of aryl methyl sites for hydroxylation is 1. The van der Waals surface area contributed by atoms with Crippen LogP contribution in [0.4, 0.5) is 0 Å². The molecule has 0 aliphatic carbocycles. The molecular formula is C14H14N6O2. The van der Waals surface area contributed by atoms with E-state index in [4.69, 9.17) is 10.2 Å². The second-order valence-corrected chi connectivity index (χ2v) is 4.71. The van der Waals surface area contributed by atoms with Gasteiger partial charge in [-0.2, -0.15) is 15.4 Å². The van der Waals surface area contributed by atoms with Crippen LogP contribution in [0, 0.1) is 0 Å². The summed E-state index contributed by atoms with van der Waals surface area (Å²) in [6.07, 6.45) is 1.70. The van der Waals surface area contributed by atoms with Gasteiger partial charge in [0.1, 0.15) is 5.69 Å². The SMILES string of the molecule is CCCc1nnc(-c2ccc(-c3n[nH]nc3C(N)=O)cc2)o1. The lowest BCUT2D eigenvalue weighted by atomic mass is 10.1. The quantitative estimate of drug-likeness (QED) is 0.736. The topological polar surface area (TPSA) is 124 Å². The molecule has 0 bridgehead atoms. The fourth-order valence-electron chi connectivity index (χ4n) is 2.06. The lowest BCUT2D eigenvalue weighted by molar-refractivity contribution is 0.0996. The van der Waals surface area contributed by atoms with Crippen molar-refractivity contribution in [2.45, 2.75) is 19.8 Å². The second-order valence-electron chi connectivity index (χ2n) is 4.71. The van der Waals surface area contributed by atoms with Crippen molar-refractivity contribution in [1.29, 1.82) is 0 Å². The molecule has 0 saturated heterocycles. The van der Waals surface area contributed by atoms with Crippen LogP contribution in [0.1, 0.15) is 29.7 Å². The first-order valence-electron chi connectivity index (χ1n) is 6.82. The molecule has 1 amide bonds. The molecule has 8 heteroatoms. The van der Waals surface area contributed by atoms with Crippen molar-refractivity contribution in [3.63, 3.8) is 0 Å². The van der Waals surface area contributed by atoms with Gasteiger partial charge in [-0.05, 0) is 18.6 Å². The Morgan fingerprint density at radius 3 is 2.59 bits per heavy atom. The highest BCUT2D eigenvalue weighted by Crippen LogP contribution is 2.24. The van der Waals surface area contributed by atoms with Crippen LogP contribution in [0.2, 0.25) is 0 Å². The summed E-state index contributed by atoms with van der Waals surface area (Å²) in [6, 6.07) is 7.22. The van der Waals surface area contributed by atoms with Gasteiger partial charge in [0, 0.05) is 17.5 Å². The van der Waals surface area contributed by atoms with Crippen molar-refractivity contribution in [1.82, 2.24) is 25.6 Å². The fourth-order valence-corrected chi connectivity index (χ4v) is 2.06. The molecule has 3 rings (SSSR count). The number of aromatic amines is 1. The van der Waals surface area contributed by atoms with Crippen LogP contribution in [0.3, 0.4) is 0 Å². The van der Waals surface area contributed by atoms with Gasteiger partial charge in [0.25, 0.3) is 5.91 Å². The summed E-state index contributed by atoms with van der Waals surface area (Å²) in [7, 11) is 0. The predicted octanol–water partition coefficient (Wildman–Crippen LogP) is 1.57. The summed E-state index contributed by atoms with van der Waals surface area (Å²) in [5.41, 5.74) is 7.29. The van der Waals surface area contributed by atoms with E-state index < -0.39 is 5.91 Å². The summed E-state index contributed by atoms with van der Waals surface area (Å²) in [5, 5.41) is 18.1. The van der Waals surface area contributed by atoms with Crippen molar-refractivity contribution >= 4 is 5.91 Å². The third-order valence-electron chi connectivity index (χ3n) is 3.12. The molecule has 0 fully saturated rings. The molecule has 0 unspecified atom stereocenters. The number of nitrogens with two attached hydrogens (primary N) is 1. The van der Waals surface area contributed by atoms with Gasteiger partial charge in [-0.1, -0.05) is 19.1 Å². The van der Waals surface area contributed by atoms with Gasteiger partial charge in [0.05, 0.1) is 0 Å². The number of benzene rings is 1. The third-order valence-corrected chi connectivity index (χ3v) is 3.12. The van der Waals surface area contributed by atoms with Crippen molar-refractivity contribution in [2.75, 3.05) is 0 Å². The molecule has 0 saturated carbocycles. The molecule has 8 nitrogen and oxygen atoms in total. The molecular weight excluding hydrogens is 284 g/mol. The van der Waals surface area contributed by atoms with E-state index in [1.807, 2.05) is 19.1 Å². The number of amides is 1. The van der Waals surface area contributed by atoms with Gasteiger partial charge >= 0.3 is 0 Å².